The van der Waals surface area contributed by atoms with E-state index >= 15 is 0 Å². The molecule has 6 fully saturated rings. The van der Waals surface area contributed by atoms with E-state index < -0.39 is 0 Å². The van der Waals surface area contributed by atoms with E-state index in [-0.39, 0.29) is 61.6 Å². The highest BCUT2D eigenvalue weighted by atomic mass is 19.1. The summed E-state index contributed by atoms with van der Waals surface area (Å²) in [5.41, 5.74) is 46.1. The number of nitrogens with zero attached hydrogens (tertiary/aromatic N) is 6. The average molecular weight is 2010 g/mol. The highest BCUT2D eigenvalue weighted by Crippen LogP contribution is 2.60. The number of hydrogen-bond donors (Lipinski definition) is 0. The Kier molecular flexibility index (Phi) is 30.6. The van der Waals surface area contributed by atoms with Gasteiger partial charge in [-0.15, -0.1) is 0 Å². The van der Waals surface area contributed by atoms with E-state index in [4.69, 9.17) is 9.47 Å². The van der Waals surface area contributed by atoms with Crippen molar-refractivity contribution in [3.8, 4) is 11.5 Å². The molecule has 778 valence electrons. The van der Waals surface area contributed by atoms with Gasteiger partial charge in [0.1, 0.15) is 29.1 Å². The molecule has 13 heteroatoms. The molecular weight excluding hydrogens is 1860 g/mol. The predicted molar refractivity (Wildman–Crippen MR) is 610 cm³/mol. The molecule has 0 bridgehead atoms. The van der Waals surface area contributed by atoms with Gasteiger partial charge in [-0.3, -0.25) is 0 Å². The van der Waals surface area contributed by atoms with Crippen molar-refractivity contribution in [3.05, 3.63) is 446 Å². The van der Waals surface area contributed by atoms with Gasteiger partial charge in [-0.05, 0) is 386 Å². The Labute approximate surface area is 890 Å². The van der Waals surface area contributed by atoms with Crippen LogP contribution in [0.3, 0.4) is 0 Å². The van der Waals surface area contributed by atoms with Crippen molar-refractivity contribution in [2.45, 2.75) is 217 Å². The number of hydrogen-bond acceptors (Lipinski definition) is 8. The molecule has 12 aromatic rings. The first kappa shape index (κ1) is 105. The molecule has 0 amide bonds. The van der Waals surface area contributed by atoms with Crippen LogP contribution in [-0.4, -0.2) is 157 Å². The molecule has 150 heavy (non-hydrogen) atoms. The SMILES string of the molecule is CN1CCC(=C2c3cc(F)ccc3CC2(C)c2cccc(F)c2)CC1.CN1CCC(=C2c3ccccc3CC2(C)c2ccc3c(c2)OCO3)CC1.Cc1ccc(C2(C)Cc3ccccc3C2=C2CCN(C)CC2)cc1.Cc1ccc2c(c1)C(=C1CCN(C)CC1)C(C)(c1ccc(F)cc1)C2.Cc1ccc2c(c1)C(=C1CCN(C)CC1)C(C)(c1cccc(F)c1)C2.Cc1ccc2c(c1)C(=C1CCN(C)CC1)C(C)(c1ccccc1F)C2. The van der Waals surface area contributed by atoms with E-state index in [0.717, 1.165) is 195 Å². The molecule has 0 N–H and O–H groups in total. The van der Waals surface area contributed by atoms with Crippen molar-refractivity contribution < 1.29 is 31.4 Å². The lowest BCUT2D eigenvalue weighted by Crippen LogP contribution is -2.30. The van der Waals surface area contributed by atoms with Crippen molar-refractivity contribution in [3.63, 3.8) is 0 Å². The molecular formula is C137H153F5N6O2. The van der Waals surface area contributed by atoms with E-state index in [1.165, 1.54) is 179 Å². The molecule has 25 rings (SSSR count). The number of rotatable bonds is 6. The smallest absolute Gasteiger partial charge is 0.231 e. The molecule has 0 spiro atoms. The molecule has 13 aliphatic rings. The monoisotopic (exact) mass is 2010 g/mol. The number of ether oxygens (including phenoxy) is 2. The van der Waals surface area contributed by atoms with Crippen molar-refractivity contribution in [2.75, 3.05) is 128 Å². The van der Waals surface area contributed by atoms with Crippen molar-refractivity contribution in [1.29, 1.82) is 0 Å². The Morgan fingerprint density at radius 2 is 0.480 bits per heavy atom. The second kappa shape index (κ2) is 43.7. The van der Waals surface area contributed by atoms with Crippen LogP contribution in [0.5, 0.6) is 11.5 Å². The van der Waals surface area contributed by atoms with E-state index in [1.54, 1.807) is 88.0 Å². The van der Waals surface area contributed by atoms with Gasteiger partial charge in [0.25, 0.3) is 0 Å². The van der Waals surface area contributed by atoms with Gasteiger partial charge in [0.15, 0.2) is 11.5 Å². The lowest BCUT2D eigenvalue weighted by molar-refractivity contribution is 0.174. The van der Waals surface area contributed by atoms with Gasteiger partial charge in [0.05, 0.1) is 0 Å². The van der Waals surface area contributed by atoms with Crippen molar-refractivity contribution in [2.24, 2.45) is 0 Å². The van der Waals surface area contributed by atoms with Crippen LogP contribution in [0.1, 0.15) is 241 Å². The highest BCUT2D eigenvalue weighted by Gasteiger charge is 2.49. The molecule has 8 nitrogen and oxygen atoms in total. The average Bonchev–Trinajstić information content (AvgIpc) is 1.37. The maximum absolute atomic E-state index is 14.8. The van der Waals surface area contributed by atoms with Crippen LogP contribution in [0.2, 0.25) is 0 Å². The molecule has 0 aromatic heterocycles. The first-order valence-electron chi connectivity index (χ1n) is 55.4. The maximum atomic E-state index is 14.8. The number of fused-ring (bicyclic) bond motifs is 7. The van der Waals surface area contributed by atoms with Gasteiger partial charge in [0, 0.05) is 111 Å². The summed E-state index contributed by atoms with van der Waals surface area (Å²) < 4.78 is 81.3. The van der Waals surface area contributed by atoms with Crippen LogP contribution in [-0.2, 0) is 71.0 Å². The van der Waals surface area contributed by atoms with Gasteiger partial charge in [-0.2, -0.15) is 0 Å². The molecule has 6 atom stereocenters. The standard InChI is InChI=1S/3C23H26FN.C23H25NO2.C23H27N.C22H23F2N/c1-16-4-5-18-15-23(2,19-6-8-20(24)9-7-19)22(21(18)14-16)17-10-12-25(3)13-11-17;1-16-7-8-18-15-23(2,19-5-4-6-20(24)14-19)22(21(18)13-16)17-9-11-25(3)12-10-17;1-16-8-9-18-15-23(2,20-6-4-5-7-21(20)24)22(19(18)14-16)17-10-12-25(3)13-11-17;1-23(18-7-8-20-21(13-18)26-15-25-20)14-17-5-3-4-6-19(17)22(23)16-9-11-24(2)12-10-16;1-17-8-10-20(11-9-17)23(2)16-19-6-4-5-7-21(19)22(23)18-12-14-24(3)15-13-18;1-22(17-4-3-5-18(23)12-17)14-16-6-7-19(24)13-20(16)21(22)15-8-10-25(2)11-9-15/h4-9,14H,10-13,15H2,1-3H3;4-8,13-14H,9-12,15H2,1-3H3;4-9,14H,10-13,15H2,1-3H3;3-8,13H,9-12,14-15H2,1-2H3;4-11H,12-16H2,1-3H3;3-7,12-13H,8-11,14H2,1-2H3. The van der Waals surface area contributed by atoms with E-state index in [0.29, 0.717) is 6.79 Å². The topological polar surface area (TPSA) is 37.9 Å². The van der Waals surface area contributed by atoms with Gasteiger partial charge in [0.2, 0.25) is 6.79 Å². The molecule has 7 aliphatic heterocycles. The maximum Gasteiger partial charge on any atom is 0.231 e. The molecule has 7 heterocycles. The number of halogens is 5. The quantitative estimate of drug-likeness (QED) is 0.153. The first-order chi connectivity index (χ1) is 72.1. The largest absolute Gasteiger partial charge is 0.454 e. The molecule has 0 saturated carbocycles. The fraction of sp³-hybridized carbons (Fsp3) is 0.387. The summed E-state index contributed by atoms with van der Waals surface area (Å²) in [6.45, 7) is 36.3. The van der Waals surface area contributed by atoms with Crippen molar-refractivity contribution >= 4 is 33.4 Å². The summed E-state index contributed by atoms with van der Waals surface area (Å²) in [4.78, 5) is 14.4. The Morgan fingerprint density at radius 3 is 0.847 bits per heavy atom. The minimum atomic E-state index is -0.302. The second-order valence-electron chi connectivity index (χ2n) is 47.3. The number of likely N-dealkylation sites (tertiary alicyclic amines) is 6. The van der Waals surface area contributed by atoms with Crippen LogP contribution < -0.4 is 9.47 Å². The van der Waals surface area contributed by atoms with E-state index in [9.17, 15) is 22.0 Å². The number of benzene rings is 12. The fourth-order valence-corrected chi connectivity index (χ4v) is 27.9. The lowest BCUT2D eigenvalue weighted by Gasteiger charge is -2.33. The summed E-state index contributed by atoms with van der Waals surface area (Å²) in [5.74, 6) is 0.946. The normalized spacial score (nSPS) is 24.1. The number of piperidine rings is 6. The minimum absolute atomic E-state index is 0.00406. The van der Waals surface area contributed by atoms with Gasteiger partial charge in [-0.1, -0.05) is 291 Å². The Balaban J connectivity index is 0.000000109. The zero-order chi connectivity index (χ0) is 105. The second-order valence-corrected chi connectivity index (χ2v) is 47.3. The summed E-state index contributed by atoms with van der Waals surface area (Å²) in [6, 6.07) is 87.8. The van der Waals surface area contributed by atoms with Gasteiger partial charge < -0.3 is 38.9 Å². The Morgan fingerprint density at radius 1 is 0.213 bits per heavy atom. The van der Waals surface area contributed by atoms with Crippen LogP contribution in [0.15, 0.2) is 294 Å². The van der Waals surface area contributed by atoms with Crippen molar-refractivity contribution in [1.82, 2.24) is 29.4 Å². The summed E-state index contributed by atoms with van der Waals surface area (Å²) in [6.07, 6.45) is 19.2. The van der Waals surface area contributed by atoms with Crippen LogP contribution in [0.25, 0.3) is 33.4 Å². The predicted octanol–water partition coefficient (Wildman–Crippen LogP) is 29.7. The number of allylic oxidation sites excluding steroid dienone is 6. The van der Waals surface area contributed by atoms with Crippen LogP contribution >= 0.6 is 0 Å². The zero-order valence-corrected chi connectivity index (χ0v) is 91.6. The molecule has 12 aromatic carbocycles. The molecule has 6 aliphatic carbocycles. The Hall–Kier alpha value is -11.9. The molecule has 0 radical (unpaired) electrons. The molecule has 6 unspecified atom stereocenters. The third-order valence-electron chi connectivity index (χ3n) is 36.3. The van der Waals surface area contributed by atoms with Gasteiger partial charge in [-0.25, -0.2) is 22.0 Å². The van der Waals surface area contributed by atoms with E-state index in [1.807, 2.05) is 42.5 Å². The van der Waals surface area contributed by atoms with Gasteiger partial charge >= 0.3 is 0 Å². The van der Waals surface area contributed by atoms with Crippen LogP contribution in [0.4, 0.5) is 22.0 Å². The summed E-state index contributed by atoms with van der Waals surface area (Å²) in [5, 5.41) is 0. The fourth-order valence-electron chi connectivity index (χ4n) is 27.9. The molecule has 6 saturated heterocycles. The summed E-state index contributed by atoms with van der Waals surface area (Å²) >= 11 is 0. The Bertz CT molecular complexity index is 7100. The first-order valence-corrected chi connectivity index (χ1v) is 55.4. The highest BCUT2D eigenvalue weighted by molar-refractivity contribution is 5.90. The number of aryl methyl sites for hydroxylation is 4. The lowest BCUT2D eigenvalue weighted by atomic mass is 9.73. The summed E-state index contributed by atoms with van der Waals surface area (Å²) in [7, 11) is 13.2. The minimum Gasteiger partial charge on any atom is -0.454 e. The van der Waals surface area contributed by atoms with Crippen LogP contribution in [0, 0.1) is 56.8 Å². The third-order valence-corrected chi connectivity index (χ3v) is 36.3. The zero-order valence-electron chi connectivity index (χ0n) is 91.6. The van der Waals surface area contributed by atoms with E-state index in [2.05, 4.69) is 293 Å². The third kappa shape index (κ3) is 21.2.